The van der Waals surface area contributed by atoms with Crippen LogP contribution in [0.15, 0.2) is 24.3 Å². The van der Waals surface area contributed by atoms with Crippen molar-refractivity contribution < 1.29 is 76.9 Å². The Hall–Kier alpha value is -6.39. The third-order valence-electron chi connectivity index (χ3n) is 12.8. The highest BCUT2D eigenvalue weighted by Crippen LogP contribution is 2.38. The number of thioether (sulfide) groups is 1. The minimum atomic E-state index is -4.02. The maximum absolute atomic E-state index is 14.5. The number of aliphatic carboxylic acids is 1. The number of nitrogens with one attached hydrogen (secondary N) is 8. The molecule has 1 aromatic carbocycles. The van der Waals surface area contributed by atoms with E-state index < -0.39 is 177 Å². The number of hydrogen-bond donors (Lipinski definition) is 15. The second-order valence-corrected chi connectivity index (χ2v) is 23.3. The summed E-state index contributed by atoms with van der Waals surface area (Å²) >= 11 is 1.35. The van der Waals surface area contributed by atoms with E-state index in [1.54, 1.807) is 47.8 Å². The Morgan fingerprint density at radius 1 is 0.593 bits per heavy atom. The summed E-state index contributed by atoms with van der Waals surface area (Å²) in [4.78, 5) is 157. The summed E-state index contributed by atoms with van der Waals surface area (Å²) in [7, 11) is -4.02. The zero-order valence-electron chi connectivity index (χ0n) is 47.6. The number of amides is 10. The average Bonchev–Trinajstić information content (AvgIpc) is 3.38. The molecule has 0 heterocycles. The third kappa shape index (κ3) is 27.3. The van der Waals surface area contributed by atoms with Crippen LogP contribution in [-0.4, -0.2) is 166 Å². The van der Waals surface area contributed by atoms with Crippen molar-refractivity contribution >= 4 is 84.4 Å². The first-order chi connectivity index (χ1) is 37.8. The van der Waals surface area contributed by atoms with E-state index >= 15 is 0 Å². The van der Waals surface area contributed by atoms with Crippen molar-refractivity contribution in [2.75, 3.05) is 25.2 Å². The van der Waals surface area contributed by atoms with Crippen LogP contribution in [-0.2, 0) is 63.7 Å². The van der Waals surface area contributed by atoms with Gasteiger partial charge in [0, 0.05) is 25.9 Å². The number of benzene rings is 1. The third-order valence-corrected chi connectivity index (χ3v) is 14.0. The van der Waals surface area contributed by atoms with Crippen LogP contribution in [0.2, 0.25) is 0 Å². The summed E-state index contributed by atoms with van der Waals surface area (Å²) in [6.07, 6.45) is -0.857. The SMILES string of the molecule is CC[C@H](C)[C@H](NC(=O)[C@H](CCC(N)=O)NC(=O)[C@H](Cc1ccc(OP(C)(=O)O)cc1)NC(=O)[C@@H](NC(=O)[C@H](CCC(N)=O)NC(=O)[C@@H](NC(=O)[C@@H](N)C(C)C)C(C)C)[C@@H](C)O)C(=O)N[C@@H](CCSC)C(=O)N[C@@H](CCCCN)C(=O)O. The van der Waals surface area contributed by atoms with Crippen LogP contribution in [0.25, 0.3) is 0 Å². The first kappa shape index (κ1) is 72.6. The van der Waals surface area contributed by atoms with E-state index in [0.717, 1.165) is 13.6 Å². The number of nitrogens with two attached hydrogens (primary N) is 4. The number of rotatable bonds is 39. The van der Waals surface area contributed by atoms with E-state index in [0.29, 0.717) is 25.1 Å². The van der Waals surface area contributed by atoms with Gasteiger partial charge in [0.05, 0.1) is 12.1 Å². The van der Waals surface area contributed by atoms with E-state index in [1.165, 1.54) is 36.0 Å². The number of carbonyl (C=O) groups excluding carboxylic acids is 10. The molecule has 0 bridgehead atoms. The fourth-order valence-electron chi connectivity index (χ4n) is 7.72. The molecule has 30 heteroatoms. The average molecular weight is 1190 g/mol. The van der Waals surface area contributed by atoms with Gasteiger partial charge >= 0.3 is 13.6 Å². The summed E-state index contributed by atoms with van der Waals surface area (Å²) in [5.41, 5.74) is 22.7. The Balaban J connectivity index is 3.77. The molecule has 0 aliphatic carbocycles. The van der Waals surface area contributed by atoms with Gasteiger partial charge in [0.2, 0.25) is 59.1 Å². The lowest BCUT2D eigenvalue weighted by atomic mass is 9.96. The molecule has 0 aromatic heterocycles. The monoisotopic (exact) mass is 1190 g/mol. The molecule has 12 atom stereocenters. The lowest BCUT2D eigenvalue weighted by Gasteiger charge is -2.30. The van der Waals surface area contributed by atoms with Gasteiger partial charge in [-0.15, -0.1) is 0 Å². The molecule has 1 aromatic rings. The maximum Gasteiger partial charge on any atom is 0.373 e. The van der Waals surface area contributed by atoms with Gasteiger partial charge in [0.25, 0.3) is 0 Å². The number of unbranched alkanes of at least 4 members (excludes halogenated alkanes) is 1. The lowest BCUT2D eigenvalue weighted by Crippen LogP contribution is -2.62. The molecule has 1 rings (SSSR count). The van der Waals surface area contributed by atoms with Gasteiger partial charge in [0.1, 0.15) is 54.1 Å². The molecule has 10 amide bonds. The minimum absolute atomic E-state index is 0.0460. The molecule has 0 saturated heterocycles. The van der Waals surface area contributed by atoms with Crippen molar-refractivity contribution in [1.29, 1.82) is 0 Å². The first-order valence-electron chi connectivity index (χ1n) is 26.7. The van der Waals surface area contributed by atoms with Crippen LogP contribution in [0.4, 0.5) is 0 Å². The van der Waals surface area contributed by atoms with Gasteiger partial charge in [-0.3, -0.25) is 47.9 Å². The topological polar surface area (TPSA) is 475 Å². The number of aliphatic hydroxyl groups is 1. The van der Waals surface area contributed by atoms with Crippen molar-refractivity contribution in [2.45, 2.75) is 173 Å². The second kappa shape index (κ2) is 36.2. The maximum atomic E-state index is 14.5. The molecular weight excluding hydrogens is 1100 g/mol. The molecule has 0 spiro atoms. The largest absolute Gasteiger partial charge is 0.480 e. The summed E-state index contributed by atoms with van der Waals surface area (Å²) in [6.45, 7) is 12.3. The molecule has 0 saturated carbocycles. The molecule has 0 fully saturated rings. The van der Waals surface area contributed by atoms with Crippen LogP contribution < -0.4 is 70.0 Å². The van der Waals surface area contributed by atoms with Crippen molar-refractivity contribution in [3.8, 4) is 5.75 Å². The number of carbonyl (C=O) groups is 11. The number of primary amides is 2. The van der Waals surface area contributed by atoms with Gasteiger partial charge in [-0.1, -0.05) is 60.1 Å². The Labute approximate surface area is 476 Å². The zero-order valence-corrected chi connectivity index (χ0v) is 49.3. The quantitative estimate of drug-likeness (QED) is 0.0247. The summed E-state index contributed by atoms with van der Waals surface area (Å²) in [5, 5.41) is 40.8. The lowest BCUT2D eigenvalue weighted by molar-refractivity contribution is -0.142. The Kier molecular flexibility index (Phi) is 32.4. The molecule has 81 heavy (non-hydrogen) atoms. The molecule has 0 aliphatic heterocycles. The van der Waals surface area contributed by atoms with E-state index in [2.05, 4.69) is 42.5 Å². The fourth-order valence-corrected chi connectivity index (χ4v) is 8.71. The molecule has 458 valence electrons. The molecule has 1 unspecified atom stereocenters. The minimum Gasteiger partial charge on any atom is -0.480 e. The van der Waals surface area contributed by atoms with Gasteiger partial charge in [-0.2, -0.15) is 11.8 Å². The Bertz CT molecular complexity index is 2340. The second-order valence-electron chi connectivity index (χ2n) is 20.6. The number of hydrogen-bond acceptors (Lipinski definition) is 17. The normalized spacial score (nSPS) is 16.1. The van der Waals surface area contributed by atoms with Crippen LogP contribution in [0, 0.1) is 17.8 Å². The number of carboxylic acid groups (broad SMARTS) is 1. The summed E-state index contributed by atoms with van der Waals surface area (Å²) in [5.74, 6) is -11.8. The van der Waals surface area contributed by atoms with Crippen LogP contribution in [0.1, 0.15) is 112 Å². The zero-order chi connectivity index (χ0) is 61.9. The van der Waals surface area contributed by atoms with Crippen LogP contribution in [0.3, 0.4) is 0 Å². The Morgan fingerprint density at radius 2 is 1.02 bits per heavy atom. The van der Waals surface area contributed by atoms with E-state index in [-0.39, 0.29) is 36.5 Å². The molecule has 0 radical (unpaired) electrons. The highest BCUT2D eigenvalue weighted by Gasteiger charge is 2.38. The smallest absolute Gasteiger partial charge is 0.373 e. The van der Waals surface area contributed by atoms with Gasteiger partial charge in [0.15, 0.2) is 0 Å². The van der Waals surface area contributed by atoms with E-state index in [9.17, 15) is 72.4 Å². The molecular formula is C51H87N12O16PS. The van der Waals surface area contributed by atoms with Crippen molar-refractivity contribution in [3.63, 3.8) is 0 Å². The van der Waals surface area contributed by atoms with E-state index in [4.69, 9.17) is 27.5 Å². The number of carboxylic acids is 1. The van der Waals surface area contributed by atoms with Gasteiger partial charge in [-0.05, 0) is 99.5 Å². The molecule has 0 aliphatic rings. The van der Waals surface area contributed by atoms with Crippen molar-refractivity contribution in [3.05, 3.63) is 29.8 Å². The highest BCUT2D eigenvalue weighted by molar-refractivity contribution is 7.98. The predicted molar refractivity (Wildman–Crippen MR) is 301 cm³/mol. The van der Waals surface area contributed by atoms with Crippen LogP contribution >= 0.6 is 19.4 Å². The standard InChI is InChI=1S/C51H87N12O16PS/c1-10-28(6)41(49(73)58-34(22-24-81-9)43(67)59-35(51(75)76)13-11-12-23-52)62-44(68)32(18-20-37(53)65)56-46(70)36(25-30-14-16-31(17-15-30)79-80(8,77)78)60-50(74)42(29(7)64)63-45(69)33(19-21-38(54)66)57-48(72)40(27(4)5)61-47(71)39(55)26(2)3/h14-17,26-29,32-36,39-42,64H,10-13,18-25,52,55H2,1-9H3,(H2,53,65)(H2,54,66)(H,56,70)(H,57,72)(H,58,73)(H,59,67)(H,60,74)(H,61,71)(H,62,68)(H,63,69)(H,75,76)(H,77,78)/t28-,29+,32-,33-,34-,35-,36-,39-,40-,41-,42-/m0/s1. The fraction of sp³-hybridized carbons (Fsp3) is 0.667. The van der Waals surface area contributed by atoms with Gasteiger partial charge in [-0.25, -0.2) is 9.36 Å². The first-order valence-corrected chi connectivity index (χ1v) is 30.1. The molecule has 28 nitrogen and oxygen atoms in total. The highest BCUT2D eigenvalue weighted by atomic mass is 32.2. The van der Waals surface area contributed by atoms with E-state index in [1.807, 2.05) is 0 Å². The van der Waals surface area contributed by atoms with Crippen LogP contribution in [0.5, 0.6) is 5.75 Å². The van der Waals surface area contributed by atoms with Gasteiger partial charge < -0.3 is 85.1 Å². The predicted octanol–water partition coefficient (Wildman–Crippen LogP) is -2.13. The summed E-state index contributed by atoms with van der Waals surface area (Å²) in [6, 6.07) is -7.69. The molecule has 19 N–H and O–H groups in total. The Morgan fingerprint density at radius 3 is 1.47 bits per heavy atom. The number of aliphatic hydroxyl groups excluding tert-OH is 1. The summed E-state index contributed by atoms with van der Waals surface area (Å²) < 4.78 is 17.0. The van der Waals surface area contributed by atoms with Crippen molar-refractivity contribution in [1.82, 2.24) is 42.5 Å². The van der Waals surface area contributed by atoms with Crippen molar-refractivity contribution in [2.24, 2.45) is 40.7 Å².